The molecule has 106 valence electrons. The highest BCUT2D eigenvalue weighted by Gasteiger charge is 2.13. The van der Waals surface area contributed by atoms with Crippen molar-refractivity contribution in [1.29, 1.82) is 0 Å². The van der Waals surface area contributed by atoms with Crippen molar-refractivity contribution in [2.75, 3.05) is 6.54 Å². The van der Waals surface area contributed by atoms with Gasteiger partial charge in [-0.15, -0.1) is 0 Å². The zero-order chi connectivity index (χ0) is 14.4. The monoisotopic (exact) mass is 278 g/mol. The minimum Gasteiger partial charge on any atom is -0.435 e. The van der Waals surface area contributed by atoms with Gasteiger partial charge in [-0.1, -0.05) is 25.1 Å². The predicted octanol–water partition coefficient (Wildman–Crippen LogP) is 3.38. The topological polar surface area (TPSA) is 34.1 Å². The van der Waals surface area contributed by atoms with Crippen LogP contribution in [0.2, 0.25) is 0 Å². The highest BCUT2D eigenvalue weighted by molar-refractivity contribution is 5.34. The Morgan fingerprint density at radius 1 is 1.15 bits per heavy atom. The lowest BCUT2D eigenvalue weighted by atomic mass is 10.00. The van der Waals surface area contributed by atoms with Crippen LogP contribution in [0.5, 0.6) is 5.75 Å². The first-order valence-corrected chi connectivity index (χ1v) is 6.38. The Bertz CT molecular complexity index is 517. The van der Waals surface area contributed by atoms with E-state index in [2.05, 4.69) is 15.0 Å². The van der Waals surface area contributed by atoms with Gasteiger partial charge in [0.05, 0.1) is 6.04 Å². The lowest BCUT2D eigenvalue weighted by Crippen LogP contribution is -2.22. The molecule has 3 nitrogen and oxygen atoms in total. The molecule has 1 aromatic carbocycles. The molecule has 0 radical (unpaired) electrons. The second kappa shape index (κ2) is 6.96. The summed E-state index contributed by atoms with van der Waals surface area (Å²) in [6.07, 6.45) is 3.50. The number of rotatable bonds is 6. The molecule has 0 fully saturated rings. The summed E-state index contributed by atoms with van der Waals surface area (Å²) in [5, 5.41) is 3.35. The Balaban J connectivity index is 2.21. The molecule has 5 heteroatoms. The van der Waals surface area contributed by atoms with Crippen molar-refractivity contribution >= 4 is 0 Å². The molecule has 2 aromatic rings. The second-order valence-corrected chi connectivity index (χ2v) is 4.22. The first-order valence-electron chi connectivity index (χ1n) is 6.38. The number of benzene rings is 1. The van der Waals surface area contributed by atoms with Crippen LogP contribution in [-0.2, 0) is 0 Å². The van der Waals surface area contributed by atoms with Gasteiger partial charge in [0.25, 0.3) is 0 Å². The van der Waals surface area contributed by atoms with Gasteiger partial charge in [0.2, 0.25) is 0 Å². The minimum atomic E-state index is -2.80. The molecule has 2 rings (SSSR count). The van der Waals surface area contributed by atoms with E-state index in [0.29, 0.717) is 0 Å². The van der Waals surface area contributed by atoms with Crippen molar-refractivity contribution < 1.29 is 13.5 Å². The Morgan fingerprint density at radius 2 is 1.90 bits per heavy atom. The third-order valence-electron chi connectivity index (χ3n) is 2.86. The highest BCUT2D eigenvalue weighted by atomic mass is 19.3. The quantitative estimate of drug-likeness (QED) is 0.879. The molecule has 0 saturated carbocycles. The van der Waals surface area contributed by atoms with Crippen LogP contribution >= 0.6 is 0 Å². The number of hydrogen-bond acceptors (Lipinski definition) is 3. The molecule has 0 bridgehead atoms. The van der Waals surface area contributed by atoms with Crippen molar-refractivity contribution in [1.82, 2.24) is 10.3 Å². The number of nitrogens with one attached hydrogen (secondary N) is 1. The van der Waals surface area contributed by atoms with Crippen LogP contribution in [0.4, 0.5) is 8.78 Å². The van der Waals surface area contributed by atoms with Crippen molar-refractivity contribution in [3.05, 3.63) is 59.9 Å². The van der Waals surface area contributed by atoms with E-state index < -0.39 is 6.61 Å². The molecule has 1 unspecified atom stereocenters. The third kappa shape index (κ3) is 3.74. The Hall–Kier alpha value is -2.01. The van der Waals surface area contributed by atoms with Crippen molar-refractivity contribution in [3.63, 3.8) is 0 Å². The van der Waals surface area contributed by atoms with Gasteiger partial charge in [-0.2, -0.15) is 8.78 Å². The van der Waals surface area contributed by atoms with Gasteiger partial charge in [-0.25, -0.2) is 0 Å². The number of halogens is 2. The zero-order valence-corrected chi connectivity index (χ0v) is 11.1. The van der Waals surface area contributed by atoms with Gasteiger partial charge >= 0.3 is 6.61 Å². The molecule has 1 aromatic heterocycles. The Kier molecular flexibility index (Phi) is 5.01. The Morgan fingerprint density at radius 3 is 2.45 bits per heavy atom. The largest absolute Gasteiger partial charge is 0.435 e. The number of ether oxygens (including phenoxy) is 1. The zero-order valence-electron chi connectivity index (χ0n) is 11.1. The average Bonchev–Trinajstić information content (AvgIpc) is 2.46. The van der Waals surface area contributed by atoms with Gasteiger partial charge in [-0.05, 0) is 35.9 Å². The summed E-state index contributed by atoms with van der Waals surface area (Å²) in [6, 6.07) is 10.5. The van der Waals surface area contributed by atoms with Crippen LogP contribution in [0, 0.1) is 0 Å². The standard InChI is InChI=1S/C15H16F2N2O/c1-2-19-14(12-4-3-9-18-10-12)11-5-7-13(8-6-11)20-15(16)17/h3-10,14-15,19H,2H2,1H3. The number of aromatic nitrogens is 1. The second-order valence-electron chi connectivity index (χ2n) is 4.22. The van der Waals surface area contributed by atoms with Crippen LogP contribution in [-0.4, -0.2) is 18.1 Å². The fourth-order valence-corrected chi connectivity index (χ4v) is 2.02. The number of hydrogen-bond donors (Lipinski definition) is 1. The van der Waals surface area contributed by atoms with Crippen LogP contribution in [0.3, 0.4) is 0 Å². The van der Waals surface area contributed by atoms with E-state index in [1.807, 2.05) is 19.1 Å². The fraction of sp³-hybridized carbons (Fsp3) is 0.267. The van der Waals surface area contributed by atoms with Crippen LogP contribution in [0.25, 0.3) is 0 Å². The van der Waals surface area contributed by atoms with E-state index in [0.717, 1.165) is 17.7 Å². The molecule has 0 amide bonds. The number of alkyl halides is 2. The molecule has 0 spiro atoms. The van der Waals surface area contributed by atoms with Gasteiger partial charge in [0, 0.05) is 12.4 Å². The molecule has 1 atom stereocenters. The minimum absolute atomic E-state index is 0.0192. The van der Waals surface area contributed by atoms with E-state index >= 15 is 0 Å². The normalized spacial score (nSPS) is 12.4. The summed E-state index contributed by atoms with van der Waals surface area (Å²) >= 11 is 0. The van der Waals surface area contributed by atoms with E-state index in [-0.39, 0.29) is 11.8 Å². The average molecular weight is 278 g/mol. The maximum absolute atomic E-state index is 12.1. The summed E-state index contributed by atoms with van der Waals surface area (Å²) in [4.78, 5) is 4.11. The first kappa shape index (κ1) is 14.4. The summed E-state index contributed by atoms with van der Waals surface area (Å²) in [5.74, 6) is 0.158. The highest BCUT2D eigenvalue weighted by Crippen LogP contribution is 2.24. The van der Waals surface area contributed by atoms with Gasteiger partial charge in [-0.3, -0.25) is 4.98 Å². The van der Waals surface area contributed by atoms with Gasteiger partial charge in [0.1, 0.15) is 5.75 Å². The number of nitrogens with zero attached hydrogens (tertiary/aromatic N) is 1. The molecule has 1 N–H and O–H groups in total. The number of pyridine rings is 1. The van der Waals surface area contributed by atoms with E-state index in [4.69, 9.17) is 0 Å². The Labute approximate surface area is 116 Å². The molecule has 0 aliphatic heterocycles. The van der Waals surface area contributed by atoms with E-state index in [1.165, 1.54) is 0 Å². The van der Waals surface area contributed by atoms with Crippen molar-refractivity contribution in [2.45, 2.75) is 19.6 Å². The van der Waals surface area contributed by atoms with E-state index in [9.17, 15) is 8.78 Å². The van der Waals surface area contributed by atoms with Crippen molar-refractivity contribution in [2.24, 2.45) is 0 Å². The SMILES string of the molecule is CCNC(c1ccc(OC(F)F)cc1)c1cccnc1. The molecular weight excluding hydrogens is 262 g/mol. The maximum Gasteiger partial charge on any atom is 0.387 e. The first-order chi connectivity index (χ1) is 9.70. The summed E-state index contributed by atoms with van der Waals surface area (Å²) < 4.78 is 28.6. The summed E-state index contributed by atoms with van der Waals surface area (Å²) in [6.45, 7) is -0.00399. The summed E-state index contributed by atoms with van der Waals surface area (Å²) in [5.41, 5.74) is 2.00. The lowest BCUT2D eigenvalue weighted by Gasteiger charge is -2.18. The molecule has 0 aliphatic carbocycles. The molecule has 0 aliphatic rings. The van der Waals surface area contributed by atoms with Gasteiger partial charge < -0.3 is 10.1 Å². The fourth-order valence-electron chi connectivity index (χ4n) is 2.02. The van der Waals surface area contributed by atoms with Crippen LogP contribution < -0.4 is 10.1 Å². The molecular formula is C15H16F2N2O. The van der Waals surface area contributed by atoms with Crippen LogP contribution in [0.1, 0.15) is 24.1 Å². The summed E-state index contributed by atoms with van der Waals surface area (Å²) in [7, 11) is 0. The maximum atomic E-state index is 12.1. The van der Waals surface area contributed by atoms with Crippen LogP contribution in [0.15, 0.2) is 48.8 Å². The van der Waals surface area contributed by atoms with Gasteiger partial charge in [0.15, 0.2) is 0 Å². The van der Waals surface area contributed by atoms with E-state index in [1.54, 1.807) is 36.7 Å². The molecule has 20 heavy (non-hydrogen) atoms. The lowest BCUT2D eigenvalue weighted by molar-refractivity contribution is -0.0498. The third-order valence-corrected chi connectivity index (χ3v) is 2.86. The predicted molar refractivity (Wildman–Crippen MR) is 72.8 cm³/mol. The molecule has 1 heterocycles. The van der Waals surface area contributed by atoms with Crippen molar-refractivity contribution in [3.8, 4) is 5.75 Å². The smallest absolute Gasteiger partial charge is 0.387 e. The molecule has 0 saturated heterocycles.